The zero-order chi connectivity index (χ0) is 20.5. The molecular weight excluding hydrogens is 382 g/mol. The highest BCUT2D eigenvalue weighted by Crippen LogP contribution is 2.28. The number of rotatable bonds is 6. The van der Waals surface area contributed by atoms with Crippen LogP contribution in [0.1, 0.15) is 47.3 Å². The Morgan fingerprint density at radius 3 is 2.64 bits per heavy atom. The first kappa shape index (κ1) is 20.4. The molecule has 3 aromatic rings. The van der Waals surface area contributed by atoms with Crippen molar-refractivity contribution in [3.05, 3.63) is 45.6 Å². The van der Waals surface area contributed by atoms with Crippen molar-refractivity contribution >= 4 is 34.2 Å². The molecule has 3 rings (SSSR count). The summed E-state index contributed by atoms with van der Waals surface area (Å²) in [7, 11) is 1.81. The maximum Gasteiger partial charge on any atom is 0.272 e. The molecule has 0 aliphatic heterocycles. The number of hydrogen-bond donors (Lipinski definition) is 2. The lowest BCUT2D eigenvalue weighted by atomic mass is 9.97. The van der Waals surface area contributed by atoms with E-state index >= 15 is 0 Å². The fourth-order valence-electron chi connectivity index (χ4n) is 2.80. The van der Waals surface area contributed by atoms with Crippen LogP contribution in [-0.4, -0.2) is 22.0 Å². The lowest BCUT2D eigenvalue weighted by Crippen LogP contribution is -2.26. The summed E-state index contributed by atoms with van der Waals surface area (Å²) < 4.78 is 27.2. The Bertz CT molecular complexity index is 988. The zero-order valence-electron chi connectivity index (χ0n) is 16.3. The highest BCUT2D eigenvalue weighted by Gasteiger charge is 2.17. The van der Waals surface area contributed by atoms with Gasteiger partial charge in [-0.05, 0) is 35.2 Å². The van der Waals surface area contributed by atoms with Crippen molar-refractivity contribution in [1.82, 2.24) is 14.9 Å². The van der Waals surface area contributed by atoms with Crippen molar-refractivity contribution in [2.45, 2.75) is 33.7 Å². The average Bonchev–Trinajstić information content (AvgIpc) is 3.20. The van der Waals surface area contributed by atoms with Gasteiger partial charge in [-0.3, -0.25) is 10.1 Å². The van der Waals surface area contributed by atoms with E-state index in [4.69, 9.17) is 0 Å². The Balaban J connectivity index is 1.74. The van der Waals surface area contributed by atoms with Gasteiger partial charge in [-0.2, -0.15) is 0 Å². The number of thiophene rings is 1. The average molecular weight is 407 g/mol. The smallest absolute Gasteiger partial charge is 0.272 e. The van der Waals surface area contributed by atoms with E-state index in [1.165, 1.54) is 12.1 Å². The number of carbonyl (C=O) groups is 1. The third-order valence-electron chi connectivity index (χ3n) is 4.22. The van der Waals surface area contributed by atoms with Crippen molar-refractivity contribution in [2.24, 2.45) is 12.5 Å². The Morgan fingerprint density at radius 2 is 2.00 bits per heavy atom. The quantitative estimate of drug-likeness (QED) is 0.608. The molecule has 2 heterocycles. The molecule has 2 N–H and O–H groups in total. The van der Waals surface area contributed by atoms with Gasteiger partial charge in [0.1, 0.15) is 0 Å². The van der Waals surface area contributed by atoms with E-state index in [1.807, 2.05) is 25.2 Å². The number of anilines is 1. The summed E-state index contributed by atoms with van der Waals surface area (Å²) >= 11 is 0.787. The number of aromatic nitrogens is 2. The monoisotopic (exact) mass is 406 g/mol. The Kier molecular flexibility index (Phi) is 5.81. The number of imidazole rings is 1. The van der Waals surface area contributed by atoms with E-state index in [0.717, 1.165) is 41.0 Å². The standard InChI is InChI=1S/C20H24F2N4OS/c1-20(2,3)11-23-10-12-5-6-14-13(9-12)24-19(26(14)4)25-18(27)16-8-7-15(28-16)17(21)22/h5-9,17,23H,10-11H2,1-4H3,(H,24,25,27). The van der Waals surface area contributed by atoms with Crippen LogP contribution in [0.3, 0.4) is 0 Å². The molecule has 8 heteroatoms. The molecule has 0 fully saturated rings. The molecule has 28 heavy (non-hydrogen) atoms. The molecule has 0 aliphatic rings. The third kappa shape index (κ3) is 4.74. The number of nitrogens with one attached hydrogen (secondary N) is 2. The molecule has 5 nitrogen and oxygen atoms in total. The highest BCUT2D eigenvalue weighted by molar-refractivity contribution is 7.14. The molecule has 0 spiro atoms. The van der Waals surface area contributed by atoms with Crippen LogP contribution in [0.2, 0.25) is 0 Å². The van der Waals surface area contributed by atoms with Crippen LogP contribution >= 0.6 is 11.3 Å². The maximum absolute atomic E-state index is 12.7. The van der Waals surface area contributed by atoms with Gasteiger partial charge in [0.2, 0.25) is 5.95 Å². The van der Waals surface area contributed by atoms with Crippen LogP contribution in [0, 0.1) is 5.41 Å². The molecule has 150 valence electrons. The van der Waals surface area contributed by atoms with E-state index in [1.54, 1.807) is 4.57 Å². The van der Waals surface area contributed by atoms with Gasteiger partial charge in [-0.15, -0.1) is 11.3 Å². The van der Waals surface area contributed by atoms with Crippen LogP contribution in [0.5, 0.6) is 0 Å². The summed E-state index contributed by atoms with van der Waals surface area (Å²) in [6, 6.07) is 8.66. The largest absolute Gasteiger partial charge is 0.313 e. The molecule has 0 aliphatic carbocycles. The van der Waals surface area contributed by atoms with E-state index in [-0.39, 0.29) is 15.2 Å². The third-order valence-corrected chi connectivity index (χ3v) is 5.31. The minimum Gasteiger partial charge on any atom is -0.313 e. The van der Waals surface area contributed by atoms with Crippen molar-refractivity contribution < 1.29 is 13.6 Å². The van der Waals surface area contributed by atoms with Gasteiger partial charge in [0.15, 0.2) is 0 Å². The second-order valence-electron chi connectivity index (χ2n) is 7.94. The van der Waals surface area contributed by atoms with Crippen molar-refractivity contribution in [3.63, 3.8) is 0 Å². The second-order valence-corrected chi connectivity index (χ2v) is 9.05. The van der Waals surface area contributed by atoms with Gasteiger partial charge in [0.25, 0.3) is 12.3 Å². The topological polar surface area (TPSA) is 59.0 Å². The molecule has 0 saturated carbocycles. The lowest BCUT2D eigenvalue weighted by molar-refractivity contribution is 0.102. The number of halogens is 2. The summed E-state index contributed by atoms with van der Waals surface area (Å²) in [5.74, 6) is -0.0610. The molecular formula is C20H24F2N4OS. The minimum atomic E-state index is -2.58. The van der Waals surface area contributed by atoms with Gasteiger partial charge in [-0.1, -0.05) is 26.8 Å². The van der Waals surface area contributed by atoms with Crippen LogP contribution in [0.25, 0.3) is 11.0 Å². The van der Waals surface area contributed by atoms with Crippen molar-refractivity contribution in [3.8, 4) is 0 Å². The first-order valence-corrected chi connectivity index (χ1v) is 9.81. The number of hydrogen-bond acceptors (Lipinski definition) is 4. The van der Waals surface area contributed by atoms with Crippen LogP contribution in [0.15, 0.2) is 30.3 Å². The van der Waals surface area contributed by atoms with Gasteiger partial charge in [0.05, 0.1) is 20.8 Å². The number of amides is 1. The SMILES string of the molecule is Cn1c(NC(=O)c2ccc(C(F)F)s2)nc2cc(CNCC(C)(C)C)ccc21. The van der Waals surface area contributed by atoms with Gasteiger partial charge < -0.3 is 9.88 Å². The fraction of sp³-hybridized carbons (Fsp3) is 0.400. The summed E-state index contributed by atoms with van der Waals surface area (Å²) in [6.07, 6.45) is -2.58. The fourth-order valence-corrected chi connectivity index (χ4v) is 3.56. The summed E-state index contributed by atoms with van der Waals surface area (Å²) in [4.78, 5) is 17.0. The van der Waals surface area contributed by atoms with Gasteiger partial charge in [-0.25, -0.2) is 13.8 Å². The first-order valence-electron chi connectivity index (χ1n) is 8.99. The Morgan fingerprint density at radius 1 is 1.25 bits per heavy atom. The number of fused-ring (bicyclic) bond motifs is 1. The molecule has 1 aromatic carbocycles. The zero-order valence-corrected chi connectivity index (χ0v) is 17.2. The van der Waals surface area contributed by atoms with E-state index in [0.29, 0.717) is 5.95 Å². The Labute approximate surface area is 166 Å². The molecule has 1 amide bonds. The lowest BCUT2D eigenvalue weighted by Gasteiger charge is -2.18. The summed E-state index contributed by atoms with van der Waals surface area (Å²) in [5, 5.41) is 6.14. The molecule has 0 atom stereocenters. The van der Waals surface area contributed by atoms with Gasteiger partial charge >= 0.3 is 0 Å². The number of benzene rings is 1. The summed E-state index contributed by atoms with van der Waals surface area (Å²) in [6.45, 7) is 8.16. The van der Waals surface area contributed by atoms with Crippen LogP contribution in [0.4, 0.5) is 14.7 Å². The number of alkyl halides is 2. The molecule has 0 saturated heterocycles. The predicted octanol–water partition coefficient (Wildman–Crippen LogP) is 4.96. The first-order chi connectivity index (χ1) is 13.1. The number of nitrogens with zero attached hydrogens (tertiary/aromatic N) is 2. The molecule has 0 unspecified atom stereocenters. The maximum atomic E-state index is 12.7. The Hall–Kier alpha value is -2.32. The molecule has 2 aromatic heterocycles. The minimum absolute atomic E-state index is 0.123. The van der Waals surface area contributed by atoms with E-state index in [2.05, 4.69) is 36.4 Å². The van der Waals surface area contributed by atoms with E-state index in [9.17, 15) is 13.6 Å². The van der Waals surface area contributed by atoms with Crippen molar-refractivity contribution in [2.75, 3.05) is 11.9 Å². The molecule has 0 bridgehead atoms. The van der Waals surface area contributed by atoms with E-state index < -0.39 is 12.3 Å². The molecule has 0 radical (unpaired) electrons. The predicted molar refractivity (Wildman–Crippen MR) is 109 cm³/mol. The highest BCUT2D eigenvalue weighted by atomic mass is 32.1. The summed E-state index contributed by atoms with van der Waals surface area (Å²) in [5.41, 5.74) is 2.97. The van der Waals surface area contributed by atoms with Crippen LogP contribution in [-0.2, 0) is 13.6 Å². The number of carbonyl (C=O) groups excluding carboxylic acids is 1. The van der Waals surface area contributed by atoms with Crippen LogP contribution < -0.4 is 10.6 Å². The normalized spacial score (nSPS) is 12.1. The number of aryl methyl sites for hydroxylation is 1. The van der Waals surface area contributed by atoms with Crippen molar-refractivity contribution in [1.29, 1.82) is 0 Å². The second kappa shape index (κ2) is 7.97. The van der Waals surface area contributed by atoms with Gasteiger partial charge in [0, 0.05) is 20.1 Å².